The van der Waals surface area contributed by atoms with E-state index in [0.29, 0.717) is 24.1 Å². The van der Waals surface area contributed by atoms with Crippen molar-refractivity contribution in [2.24, 2.45) is 11.8 Å². The lowest BCUT2D eigenvalue weighted by Crippen LogP contribution is -2.44. The van der Waals surface area contributed by atoms with Gasteiger partial charge in [0.1, 0.15) is 0 Å². The van der Waals surface area contributed by atoms with Gasteiger partial charge < -0.3 is 9.88 Å². The van der Waals surface area contributed by atoms with Gasteiger partial charge in [0.25, 0.3) is 5.56 Å². The Labute approximate surface area is 159 Å². The second-order valence-electron chi connectivity index (χ2n) is 7.34. The fourth-order valence-electron chi connectivity index (χ4n) is 3.93. The molecule has 1 aromatic carbocycles. The Hall–Kier alpha value is -1.75. The predicted octanol–water partition coefficient (Wildman–Crippen LogP) is 4.05. The number of aromatic nitrogens is 1. The van der Waals surface area contributed by atoms with Crippen molar-refractivity contribution in [3.05, 3.63) is 40.7 Å². The molecule has 3 atom stereocenters. The molecule has 1 amide bonds. The molecule has 2 aromatic rings. The van der Waals surface area contributed by atoms with E-state index in [9.17, 15) is 9.59 Å². The zero-order valence-corrected chi connectivity index (χ0v) is 16.6. The van der Waals surface area contributed by atoms with Crippen LogP contribution in [0, 0.1) is 11.8 Å². The van der Waals surface area contributed by atoms with Crippen LogP contribution in [0.25, 0.3) is 10.9 Å². The first-order chi connectivity index (χ1) is 12.5. The Morgan fingerprint density at radius 3 is 2.81 bits per heavy atom. The van der Waals surface area contributed by atoms with Crippen LogP contribution < -0.4 is 10.9 Å². The van der Waals surface area contributed by atoms with Gasteiger partial charge in [-0.1, -0.05) is 44.9 Å². The molecule has 0 bridgehead atoms. The van der Waals surface area contributed by atoms with Gasteiger partial charge in [-0.3, -0.25) is 9.59 Å². The van der Waals surface area contributed by atoms with Crippen molar-refractivity contribution < 1.29 is 4.79 Å². The minimum Gasteiger partial charge on any atom is -0.352 e. The number of rotatable bonds is 5. The van der Waals surface area contributed by atoms with Crippen molar-refractivity contribution in [1.29, 1.82) is 0 Å². The number of benzene rings is 1. The van der Waals surface area contributed by atoms with Crippen molar-refractivity contribution in [3.8, 4) is 0 Å². The minimum atomic E-state index is -0.0103. The highest BCUT2D eigenvalue weighted by Gasteiger charge is 2.28. The average molecular weight is 373 g/mol. The van der Waals surface area contributed by atoms with Crippen molar-refractivity contribution in [2.45, 2.75) is 57.5 Å². The van der Waals surface area contributed by atoms with Crippen molar-refractivity contribution >= 4 is 28.6 Å². The van der Waals surface area contributed by atoms with Gasteiger partial charge in [0, 0.05) is 28.9 Å². The van der Waals surface area contributed by atoms with Crippen LogP contribution in [0.4, 0.5) is 0 Å². The fraction of sp³-hybridized carbons (Fsp3) is 0.524. The van der Waals surface area contributed by atoms with Crippen molar-refractivity contribution in [1.82, 2.24) is 9.88 Å². The molecule has 0 unspecified atom stereocenters. The number of amides is 1. The molecule has 1 aromatic heterocycles. The van der Waals surface area contributed by atoms with Gasteiger partial charge >= 0.3 is 0 Å². The highest BCUT2D eigenvalue weighted by atomic mass is 32.2. The molecule has 4 nitrogen and oxygen atoms in total. The van der Waals surface area contributed by atoms with Gasteiger partial charge in [-0.2, -0.15) is 0 Å². The van der Waals surface area contributed by atoms with E-state index in [2.05, 4.69) is 19.2 Å². The summed E-state index contributed by atoms with van der Waals surface area (Å²) in [5.41, 5.74) is 0.920. The van der Waals surface area contributed by atoms with Crippen LogP contribution >= 0.6 is 11.8 Å². The summed E-state index contributed by atoms with van der Waals surface area (Å²) < 4.78 is 1.77. The predicted molar refractivity (Wildman–Crippen MR) is 109 cm³/mol. The van der Waals surface area contributed by atoms with E-state index in [1.165, 1.54) is 24.6 Å². The molecule has 0 radical (unpaired) electrons. The van der Waals surface area contributed by atoms with Gasteiger partial charge in [-0.25, -0.2) is 0 Å². The van der Waals surface area contributed by atoms with Gasteiger partial charge in [-0.05, 0) is 31.2 Å². The van der Waals surface area contributed by atoms with E-state index in [-0.39, 0.29) is 17.5 Å². The summed E-state index contributed by atoms with van der Waals surface area (Å²) in [6.07, 6.45) is 3.50. The summed E-state index contributed by atoms with van der Waals surface area (Å²) in [5, 5.41) is 4.25. The van der Waals surface area contributed by atoms with E-state index >= 15 is 0 Å². The Morgan fingerprint density at radius 1 is 1.27 bits per heavy atom. The number of nitrogens with zero attached hydrogens (tertiary/aromatic N) is 1. The molecule has 1 fully saturated rings. The standard InChI is InChI=1S/C21H28N2O2S/c1-4-23-18-11-6-5-9-16(18)19(12-21(23)25)26-13-20(24)22-17-10-7-8-14(2)15(17)3/h5-6,9,11-12,14-15,17H,4,7-8,10,13H2,1-3H3,(H,22,24)/t14-,15-,17+/m0/s1. The van der Waals surface area contributed by atoms with Crippen molar-refractivity contribution in [2.75, 3.05) is 5.75 Å². The largest absolute Gasteiger partial charge is 0.352 e. The van der Waals surface area contributed by atoms with E-state index in [1.54, 1.807) is 10.6 Å². The number of carbonyl (C=O) groups excluding carboxylic acids is 1. The Bertz CT molecular complexity index is 846. The van der Waals surface area contributed by atoms with Crippen LogP contribution in [0.1, 0.15) is 40.0 Å². The summed E-state index contributed by atoms with van der Waals surface area (Å²) >= 11 is 1.46. The molecular weight excluding hydrogens is 344 g/mol. The maximum absolute atomic E-state index is 12.5. The third kappa shape index (κ3) is 3.98. The normalized spacial score (nSPS) is 23.1. The highest BCUT2D eigenvalue weighted by molar-refractivity contribution is 8.00. The molecule has 0 aliphatic heterocycles. The Balaban J connectivity index is 1.72. The molecule has 1 saturated carbocycles. The van der Waals surface area contributed by atoms with Crippen LogP contribution in [-0.2, 0) is 11.3 Å². The third-order valence-electron chi connectivity index (χ3n) is 5.71. The lowest BCUT2D eigenvalue weighted by Gasteiger charge is -2.34. The fourth-order valence-corrected chi connectivity index (χ4v) is 4.81. The number of para-hydroxylation sites is 1. The van der Waals surface area contributed by atoms with Gasteiger partial charge in [-0.15, -0.1) is 11.8 Å². The number of thioether (sulfide) groups is 1. The topological polar surface area (TPSA) is 51.1 Å². The van der Waals surface area contributed by atoms with E-state index in [1.807, 2.05) is 31.2 Å². The second kappa shape index (κ2) is 8.30. The number of pyridine rings is 1. The molecule has 0 saturated heterocycles. The number of carbonyl (C=O) groups is 1. The molecule has 140 valence electrons. The summed E-state index contributed by atoms with van der Waals surface area (Å²) in [6.45, 7) is 7.12. The number of aryl methyl sites for hydroxylation is 1. The van der Waals surface area contributed by atoms with Crippen molar-refractivity contribution in [3.63, 3.8) is 0 Å². The minimum absolute atomic E-state index is 0.0103. The number of hydrogen-bond donors (Lipinski definition) is 1. The van der Waals surface area contributed by atoms with Crippen LogP contribution in [0.2, 0.25) is 0 Å². The molecule has 1 N–H and O–H groups in total. The average Bonchev–Trinajstić information content (AvgIpc) is 2.63. The van der Waals surface area contributed by atoms with Gasteiger partial charge in [0.05, 0.1) is 11.3 Å². The highest BCUT2D eigenvalue weighted by Crippen LogP contribution is 2.30. The van der Waals surface area contributed by atoms with E-state index in [0.717, 1.165) is 22.2 Å². The van der Waals surface area contributed by atoms with E-state index < -0.39 is 0 Å². The molecule has 1 heterocycles. The lowest BCUT2D eigenvalue weighted by molar-refractivity contribution is -0.119. The second-order valence-corrected chi connectivity index (χ2v) is 8.36. The monoisotopic (exact) mass is 372 g/mol. The molecule has 1 aliphatic rings. The maximum atomic E-state index is 12.5. The Kier molecular flexibility index (Phi) is 6.07. The molecule has 3 rings (SSSR count). The van der Waals surface area contributed by atoms with Crippen LogP contribution in [-0.4, -0.2) is 22.3 Å². The quantitative estimate of drug-likeness (QED) is 0.806. The first-order valence-corrected chi connectivity index (χ1v) is 10.5. The van der Waals surface area contributed by atoms with Crippen LogP contribution in [0.5, 0.6) is 0 Å². The molecular formula is C21H28N2O2S. The third-order valence-corrected chi connectivity index (χ3v) is 6.76. The number of hydrogen-bond acceptors (Lipinski definition) is 3. The molecule has 26 heavy (non-hydrogen) atoms. The zero-order valence-electron chi connectivity index (χ0n) is 15.8. The van der Waals surface area contributed by atoms with Crippen LogP contribution in [0.15, 0.2) is 40.0 Å². The SMILES string of the molecule is CCn1c(=O)cc(SCC(=O)N[C@@H]2CCC[C@H](C)[C@@H]2C)c2ccccc21. The summed E-state index contributed by atoms with van der Waals surface area (Å²) in [5.74, 6) is 1.58. The number of fused-ring (bicyclic) bond motifs is 1. The van der Waals surface area contributed by atoms with Crippen LogP contribution in [0.3, 0.4) is 0 Å². The smallest absolute Gasteiger partial charge is 0.252 e. The van der Waals surface area contributed by atoms with Gasteiger partial charge in [0.15, 0.2) is 0 Å². The molecule has 1 aliphatic carbocycles. The molecule has 5 heteroatoms. The zero-order chi connectivity index (χ0) is 18.7. The number of nitrogens with one attached hydrogen (secondary N) is 1. The Morgan fingerprint density at radius 2 is 2.04 bits per heavy atom. The first-order valence-electron chi connectivity index (χ1n) is 9.56. The summed E-state index contributed by atoms with van der Waals surface area (Å²) in [7, 11) is 0. The lowest BCUT2D eigenvalue weighted by atomic mass is 9.78. The summed E-state index contributed by atoms with van der Waals surface area (Å²) in [4.78, 5) is 25.7. The maximum Gasteiger partial charge on any atom is 0.252 e. The first kappa shape index (κ1) is 19.0. The molecule has 0 spiro atoms. The van der Waals surface area contributed by atoms with Gasteiger partial charge in [0.2, 0.25) is 5.91 Å². The summed E-state index contributed by atoms with van der Waals surface area (Å²) in [6, 6.07) is 9.84. The van der Waals surface area contributed by atoms with E-state index in [4.69, 9.17) is 0 Å².